The lowest BCUT2D eigenvalue weighted by Crippen LogP contribution is -2.57. The van der Waals surface area contributed by atoms with Gasteiger partial charge in [0.05, 0.1) is 15.8 Å². The summed E-state index contributed by atoms with van der Waals surface area (Å²) in [7, 11) is 0. The number of amides is 2. The highest BCUT2D eigenvalue weighted by molar-refractivity contribution is 9.10. The van der Waals surface area contributed by atoms with E-state index >= 15 is 0 Å². The van der Waals surface area contributed by atoms with Crippen molar-refractivity contribution in [1.82, 2.24) is 0 Å². The number of benzene rings is 3. The Balaban J connectivity index is 1.82. The Morgan fingerprint density at radius 1 is 0.914 bits per heavy atom. The van der Waals surface area contributed by atoms with Gasteiger partial charge in [-0.1, -0.05) is 43.0 Å². The number of aryl methyl sites for hydroxylation is 2. The summed E-state index contributed by atoms with van der Waals surface area (Å²) in [5.74, 6) is -0.315. The number of ether oxygens (including phenoxy) is 1. The van der Waals surface area contributed by atoms with Gasteiger partial charge in [0.2, 0.25) is 0 Å². The standard InChI is InChI=1S/C28H23BrN2O3S/c1-4-14-34-25-13-11-20(17-24(25)29)16-23-26(32)30(21-8-6-5-7-9-21)28(35)31(27(23)33)22-12-10-18(2)19(3)15-22/h4-13,15-17H,1,14H2,2-3H3/b23-16-. The van der Waals surface area contributed by atoms with Crippen LogP contribution in [0.25, 0.3) is 6.08 Å². The zero-order chi connectivity index (χ0) is 25.1. The molecular weight excluding hydrogens is 524 g/mol. The van der Waals surface area contributed by atoms with Crippen molar-refractivity contribution in [2.75, 3.05) is 16.4 Å². The van der Waals surface area contributed by atoms with E-state index in [1.165, 1.54) is 9.80 Å². The minimum absolute atomic E-state index is 0.00680. The molecule has 2 amide bonds. The zero-order valence-corrected chi connectivity index (χ0v) is 21.7. The number of carbonyl (C=O) groups is 2. The quantitative estimate of drug-likeness (QED) is 0.156. The maximum atomic E-state index is 13.7. The summed E-state index contributed by atoms with van der Waals surface area (Å²) < 4.78 is 6.30. The number of carbonyl (C=O) groups excluding carboxylic acids is 2. The monoisotopic (exact) mass is 546 g/mol. The first-order chi connectivity index (χ1) is 16.8. The molecule has 0 radical (unpaired) electrons. The Labute approximate surface area is 218 Å². The third kappa shape index (κ3) is 4.97. The normalized spacial score (nSPS) is 15.1. The molecule has 3 aromatic rings. The Hall–Kier alpha value is -3.55. The highest BCUT2D eigenvalue weighted by Crippen LogP contribution is 2.32. The summed E-state index contributed by atoms with van der Waals surface area (Å²) >= 11 is 9.18. The number of para-hydroxylation sites is 1. The van der Waals surface area contributed by atoms with Crippen molar-refractivity contribution in [2.45, 2.75) is 13.8 Å². The van der Waals surface area contributed by atoms with Gasteiger partial charge in [0.15, 0.2) is 5.11 Å². The van der Waals surface area contributed by atoms with Crippen LogP contribution in [0, 0.1) is 13.8 Å². The fourth-order valence-electron chi connectivity index (χ4n) is 3.67. The van der Waals surface area contributed by atoms with Gasteiger partial charge in [-0.15, -0.1) is 0 Å². The lowest BCUT2D eigenvalue weighted by molar-refractivity contribution is -0.120. The topological polar surface area (TPSA) is 49.9 Å². The first kappa shape index (κ1) is 24.6. The number of hydrogen-bond acceptors (Lipinski definition) is 4. The van der Waals surface area contributed by atoms with Gasteiger partial charge in [-0.2, -0.15) is 0 Å². The minimum Gasteiger partial charge on any atom is -0.488 e. The van der Waals surface area contributed by atoms with Crippen molar-refractivity contribution >= 4 is 62.5 Å². The SMILES string of the molecule is C=CCOc1ccc(/C=C2/C(=O)N(c3ccccc3)C(=S)N(c3ccc(C)c(C)c3)C2=O)cc1Br. The third-order valence-electron chi connectivity index (χ3n) is 5.64. The lowest BCUT2D eigenvalue weighted by atomic mass is 10.0. The van der Waals surface area contributed by atoms with Crippen LogP contribution in [0.4, 0.5) is 11.4 Å². The van der Waals surface area contributed by atoms with E-state index in [9.17, 15) is 9.59 Å². The van der Waals surface area contributed by atoms with Gasteiger partial charge in [0.25, 0.3) is 11.8 Å². The molecular formula is C28H23BrN2O3S. The van der Waals surface area contributed by atoms with E-state index in [1.807, 2.05) is 50.2 Å². The molecule has 1 aliphatic rings. The predicted octanol–water partition coefficient (Wildman–Crippen LogP) is 6.38. The molecule has 5 nitrogen and oxygen atoms in total. The van der Waals surface area contributed by atoms with Gasteiger partial charge >= 0.3 is 0 Å². The number of nitrogens with zero attached hydrogens (tertiary/aromatic N) is 2. The molecule has 1 fully saturated rings. The summed E-state index contributed by atoms with van der Waals surface area (Å²) in [4.78, 5) is 30.1. The van der Waals surface area contributed by atoms with Crippen LogP contribution < -0.4 is 14.5 Å². The summed E-state index contributed by atoms with van der Waals surface area (Å²) in [6.07, 6.45) is 3.24. The van der Waals surface area contributed by atoms with E-state index in [-0.39, 0.29) is 10.7 Å². The molecule has 0 spiro atoms. The Kier molecular flexibility index (Phi) is 7.28. The van der Waals surface area contributed by atoms with Crippen LogP contribution in [0.5, 0.6) is 5.75 Å². The number of hydrogen-bond donors (Lipinski definition) is 0. The Bertz CT molecular complexity index is 1370. The molecule has 0 N–H and O–H groups in total. The summed E-state index contributed by atoms with van der Waals surface area (Å²) in [5.41, 5.74) is 3.99. The second-order valence-electron chi connectivity index (χ2n) is 8.02. The molecule has 0 unspecified atom stereocenters. The summed E-state index contributed by atoms with van der Waals surface area (Å²) in [6.45, 7) is 7.99. The maximum absolute atomic E-state index is 13.7. The predicted molar refractivity (Wildman–Crippen MR) is 148 cm³/mol. The Morgan fingerprint density at radius 3 is 2.23 bits per heavy atom. The zero-order valence-electron chi connectivity index (χ0n) is 19.3. The van der Waals surface area contributed by atoms with Crippen molar-refractivity contribution in [1.29, 1.82) is 0 Å². The third-order valence-corrected chi connectivity index (χ3v) is 6.62. The molecule has 176 valence electrons. The highest BCUT2D eigenvalue weighted by atomic mass is 79.9. The molecule has 0 aromatic heterocycles. The van der Waals surface area contributed by atoms with E-state index in [2.05, 4.69) is 22.5 Å². The van der Waals surface area contributed by atoms with Crippen molar-refractivity contribution in [3.63, 3.8) is 0 Å². The number of thiocarbonyl (C=S) groups is 1. The molecule has 0 atom stereocenters. The number of anilines is 2. The van der Waals surface area contributed by atoms with Crippen LogP contribution in [-0.2, 0) is 9.59 Å². The molecule has 1 heterocycles. The average molecular weight is 547 g/mol. The van der Waals surface area contributed by atoms with Gasteiger partial charge in [-0.3, -0.25) is 19.4 Å². The fourth-order valence-corrected chi connectivity index (χ4v) is 4.55. The van der Waals surface area contributed by atoms with Gasteiger partial charge in [0.1, 0.15) is 17.9 Å². The number of halogens is 1. The first-order valence-corrected chi connectivity index (χ1v) is 12.1. The van der Waals surface area contributed by atoms with E-state index in [0.29, 0.717) is 33.8 Å². The largest absolute Gasteiger partial charge is 0.488 e. The fraction of sp³-hybridized carbons (Fsp3) is 0.107. The van der Waals surface area contributed by atoms with Crippen molar-refractivity contribution in [3.05, 3.63) is 106 Å². The van der Waals surface area contributed by atoms with E-state index < -0.39 is 11.8 Å². The first-order valence-electron chi connectivity index (χ1n) is 10.9. The summed E-state index contributed by atoms with van der Waals surface area (Å²) in [6, 6.07) is 20.1. The van der Waals surface area contributed by atoms with Crippen molar-refractivity contribution in [2.24, 2.45) is 0 Å². The second-order valence-corrected chi connectivity index (χ2v) is 9.23. The van der Waals surface area contributed by atoms with Gasteiger partial charge in [-0.25, -0.2) is 0 Å². The molecule has 1 aliphatic heterocycles. The average Bonchev–Trinajstić information content (AvgIpc) is 2.84. The molecule has 35 heavy (non-hydrogen) atoms. The van der Waals surface area contributed by atoms with Crippen LogP contribution in [0.3, 0.4) is 0 Å². The molecule has 4 rings (SSSR count). The molecule has 0 saturated carbocycles. The molecule has 7 heteroatoms. The second kappa shape index (κ2) is 10.4. The van der Waals surface area contributed by atoms with Gasteiger partial charge < -0.3 is 4.74 Å². The van der Waals surface area contributed by atoms with Gasteiger partial charge in [0, 0.05) is 0 Å². The van der Waals surface area contributed by atoms with Crippen LogP contribution in [0.2, 0.25) is 0 Å². The highest BCUT2D eigenvalue weighted by Gasteiger charge is 2.41. The van der Waals surface area contributed by atoms with Crippen LogP contribution in [0.15, 0.2) is 89.4 Å². The van der Waals surface area contributed by atoms with E-state index in [4.69, 9.17) is 17.0 Å². The molecule has 0 bridgehead atoms. The number of rotatable bonds is 6. The molecule has 0 aliphatic carbocycles. The smallest absolute Gasteiger partial charge is 0.270 e. The van der Waals surface area contributed by atoms with Crippen LogP contribution >= 0.6 is 28.1 Å². The Morgan fingerprint density at radius 2 is 1.60 bits per heavy atom. The van der Waals surface area contributed by atoms with Gasteiger partial charge in [-0.05, 0) is 101 Å². The van der Waals surface area contributed by atoms with Crippen LogP contribution in [-0.4, -0.2) is 23.5 Å². The lowest BCUT2D eigenvalue weighted by Gasteiger charge is -2.36. The molecule has 3 aromatic carbocycles. The van der Waals surface area contributed by atoms with E-state index in [1.54, 1.807) is 42.5 Å². The maximum Gasteiger partial charge on any atom is 0.270 e. The summed E-state index contributed by atoms with van der Waals surface area (Å²) in [5, 5.41) is 0.112. The minimum atomic E-state index is -0.477. The van der Waals surface area contributed by atoms with Crippen molar-refractivity contribution < 1.29 is 14.3 Å². The molecule has 1 saturated heterocycles. The van der Waals surface area contributed by atoms with E-state index in [0.717, 1.165) is 11.1 Å². The van der Waals surface area contributed by atoms with Crippen LogP contribution in [0.1, 0.15) is 16.7 Å². The van der Waals surface area contributed by atoms with Crippen molar-refractivity contribution in [3.8, 4) is 5.75 Å².